The summed E-state index contributed by atoms with van der Waals surface area (Å²) < 4.78 is 11.5. The van der Waals surface area contributed by atoms with E-state index in [1.54, 1.807) is 14.2 Å². The zero-order valence-electron chi connectivity index (χ0n) is 11.2. The van der Waals surface area contributed by atoms with Gasteiger partial charge in [0.05, 0.1) is 19.2 Å². The van der Waals surface area contributed by atoms with E-state index in [0.29, 0.717) is 23.1 Å². The molecule has 0 radical (unpaired) electrons. The van der Waals surface area contributed by atoms with Crippen LogP contribution in [0.2, 0.25) is 5.02 Å². The zero-order valence-corrected chi connectivity index (χ0v) is 13.6. The van der Waals surface area contributed by atoms with E-state index in [9.17, 15) is 0 Å². The van der Waals surface area contributed by atoms with Crippen molar-refractivity contribution in [3.63, 3.8) is 0 Å². The van der Waals surface area contributed by atoms with Gasteiger partial charge in [0.1, 0.15) is 0 Å². The molecule has 0 spiro atoms. The molecule has 0 bridgehead atoms. The van der Waals surface area contributed by atoms with Gasteiger partial charge in [-0.15, -0.1) is 0 Å². The van der Waals surface area contributed by atoms with Crippen molar-refractivity contribution in [1.82, 2.24) is 0 Å². The quantitative estimate of drug-likeness (QED) is 0.840. The molecule has 106 valence electrons. The third-order valence-corrected chi connectivity index (χ3v) is 3.59. The van der Waals surface area contributed by atoms with Crippen LogP contribution < -0.4 is 14.8 Å². The second-order valence-electron chi connectivity index (χ2n) is 4.18. The van der Waals surface area contributed by atoms with Crippen molar-refractivity contribution in [1.29, 1.82) is 0 Å². The summed E-state index contributed by atoms with van der Waals surface area (Å²) in [6.07, 6.45) is 0. The number of rotatable bonds is 5. The molecule has 3 nitrogen and oxygen atoms in total. The highest BCUT2D eigenvalue weighted by molar-refractivity contribution is 9.10. The molecular formula is C15H15BrClNO2. The number of ether oxygens (including phenoxy) is 2. The van der Waals surface area contributed by atoms with Crippen LogP contribution in [0.4, 0.5) is 5.69 Å². The minimum atomic E-state index is 0.540. The molecule has 1 N–H and O–H groups in total. The molecule has 0 amide bonds. The van der Waals surface area contributed by atoms with Gasteiger partial charge >= 0.3 is 0 Å². The lowest BCUT2D eigenvalue weighted by atomic mass is 10.2. The van der Waals surface area contributed by atoms with Crippen molar-refractivity contribution < 1.29 is 9.47 Å². The van der Waals surface area contributed by atoms with E-state index in [2.05, 4.69) is 21.2 Å². The van der Waals surface area contributed by atoms with Gasteiger partial charge in [-0.2, -0.15) is 0 Å². The summed E-state index contributed by atoms with van der Waals surface area (Å²) in [6, 6.07) is 11.8. The molecule has 2 aromatic carbocycles. The van der Waals surface area contributed by atoms with E-state index >= 15 is 0 Å². The summed E-state index contributed by atoms with van der Waals surface area (Å²) >= 11 is 9.62. The molecule has 0 aliphatic carbocycles. The van der Waals surface area contributed by atoms with E-state index in [0.717, 1.165) is 15.7 Å². The number of hydrogen-bond donors (Lipinski definition) is 1. The molecule has 0 aliphatic heterocycles. The first-order valence-electron chi connectivity index (χ1n) is 6.04. The number of halogens is 2. The fourth-order valence-corrected chi connectivity index (χ4v) is 2.59. The van der Waals surface area contributed by atoms with Crippen LogP contribution in [0.3, 0.4) is 0 Å². The first kappa shape index (κ1) is 15.0. The molecule has 0 aliphatic rings. The Balaban J connectivity index is 2.16. The third kappa shape index (κ3) is 3.58. The largest absolute Gasteiger partial charge is 0.493 e. The van der Waals surface area contributed by atoms with Crippen LogP contribution in [-0.2, 0) is 6.54 Å². The van der Waals surface area contributed by atoms with Gasteiger partial charge in [0.25, 0.3) is 0 Å². The Hall–Kier alpha value is -1.39. The van der Waals surface area contributed by atoms with E-state index in [1.807, 2.05) is 36.4 Å². The van der Waals surface area contributed by atoms with E-state index < -0.39 is 0 Å². The van der Waals surface area contributed by atoms with Crippen LogP contribution in [-0.4, -0.2) is 14.2 Å². The zero-order chi connectivity index (χ0) is 14.5. The predicted molar refractivity (Wildman–Crippen MR) is 86.0 cm³/mol. The third-order valence-electron chi connectivity index (χ3n) is 2.81. The van der Waals surface area contributed by atoms with Crippen LogP contribution >= 0.6 is 27.5 Å². The lowest BCUT2D eigenvalue weighted by Crippen LogP contribution is -2.01. The highest BCUT2D eigenvalue weighted by atomic mass is 79.9. The van der Waals surface area contributed by atoms with Gasteiger partial charge < -0.3 is 14.8 Å². The van der Waals surface area contributed by atoms with E-state index in [4.69, 9.17) is 21.1 Å². The monoisotopic (exact) mass is 355 g/mol. The van der Waals surface area contributed by atoms with Crippen molar-refractivity contribution in [2.75, 3.05) is 19.5 Å². The topological polar surface area (TPSA) is 30.5 Å². The van der Waals surface area contributed by atoms with Crippen LogP contribution in [0, 0.1) is 0 Å². The van der Waals surface area contributed by atoms with Gasteiger partial charge in [-0.1, -0.05) is 33.6 Å². The van der Waals surface area contributed by atoms with Gasteiger partial charge in [-0.3, -0.25) is 0 Å². The lowest BCUT2D eigenvalue weighted by Gasteiger charge is -2.13. The van der Waals surface area contributed by atoms with Gasteiger partial charge in [-0.25, -0.2) is 0 Å². The SMILES string of the molecule is COc1cc(CNc2cccc(Br)c2)cc(Cl)c1OC. The number of methoxy groups -OCH3 is 2. The number of nitrogens with one attached hydrogen (secondary N) is 1. The summed E-state index contributed by atoms with van der Waals surface area (Å²) in [7, 11) is 3.17. The van der Waals surface area contributed by atoms with E-state index in [-0.39, 0.29) is 0 Å². The Labute approximate surface area is 132 Å². The van der Waals surface area contributed by atoms with Crippen LogP contribution in [0.5, 0.6) is 11.5 Å². The molecule has 0 aromatic heterocycles. The van der Waals surface area contributed by atoms with Gasteiger partial charge in [0, 0.05) is 16.7 Å². The first-order valence-corrected chi connectivity index (χ1v) is 7.21. The Morgan fingerprint density at radius 1 is 1.15 bits per heavy atom. The molecule has 0 atom stereocenters. The summed E-state index contributed by atoms with van der Waals surface area (Å²) in [4.78, 5) is 0. The molecule has 20 heavy (non-hydrogen) atoms. The van der Waals surface area contributed by atoms with Crippen molar-refractivity contribution >= 4 is 33.2 Å². The predicted octanol–water partition coefficient (Wildman–Crippen LogP) is 4.73. The van der Waals surface area contributed by atoms with Crippen molar-refractivity contribution in [3.8, 4) is 11.5 Å². The Bertz CT molecular complexity index is 604. The smallest absolute Gasteiger partial charge is 0.179 e. The lowest BCUT2D eigenvalue weighted by molar-refractivity contribution is 0.355. The second kappa shape index (κ2) is 6.86. The maximum atomic E-state index is 6.18. The Kier molecular flexibility index (Phi) is 5.15. The standard InChI is InChI=1S/C15H15BrClNO2/c1-19-14-7-10(6-13(17)15(14)20-2)9-18-12-5-3-4-11(16)8-12/h3-8,18H,9H2,1-2H3. The molecule has 2 aromatic rings. The van der Waals surface area contributed by atoms with Crippen molar-refractivity contribution in [3.05, 3.63) is 51.5 Å². The van der Waals surface area contributed by atoms with Crippen molar-refractivity contribution in [2.24, 2.45) is 0 Å². The highest BCUT2D eigenvalue weighted by Gasteiger charge is 2.10. The Morgan fingerprint density at radius 3 is 2.60 bits per heavy atom. The average molecular weight is 357 g/mol. The number of benzene rings is 2. The minimum Gasteiger partial charge on any atom is -0.493 e. The molecule has 2 rings (SSSR count). The summed E-state index contributed by atoms with van der Waals surface area (Å²) in [5, 5.41) is 3.87. The van der Waals surface area contributed by atoms with Gasteiger partial charge in [0.2, 0.25) is 0 Å². The minimum absolute atomic E-state index is 0.540. The first-order chi connectivity index (χ1) is 9.63. The highest BCUT2D eigenvalue weighted by Crippen LogP contribution is 2.36. The molecule has 0 unspecified atom stereocenters. The molecule has 0 saturated carbocycles. The van der Waals surface area contributed by atoms with E-state index in [1.165, 1.54) is 0 Å². The van der Waals surface area contributed by atoms with Crippen LogP contribution in [0.25, 0.3) is 0 Å². The fraction of sp³-hybridized carbons (Fsp3) is 0.200. The number of anilines is 1. The maximum Gasteiger partial charge on any atom is 0.179 e. The normalized spacial score (nSPS) is 10.2. The molecular weight excluding hydrogens is 342 g/mol. The fourth-order valence-electron chi connectivity index (χ4n) is 1.88. The summed E-state index contributed by atoms with van der Waals surface area (Å²) in [5.41, 5.74) is 2.05. The van der Waals surface area contributed by atoms with Crippen LogP contribution in [0.15, 0.2) is 40.9 Å². The average Bonchev–Trinajstić information content (AvgIpc) is 2.44. The second-order valence-corrected chi connectivity index (χ2v) is 5.50. The molecule has 0 saturated heterocycles. The maximum absolute atomic E-state index is 6.18. The van der Waals surface area contributed by atoms with Crippen LogP contribution in [0.1, 0.15) is 5.56 Å². The summed E-state index contributed by atoms with van der Waals surface area (Å²) in [6.45, 7) is 0.649. The molecule has 0 heterocycles. The van der Waals surface area contributed by atoms with Gasteiger partial charge in [-0.05, 0) is 35.9 Å². The Morgan fingerprint density at radius 2 is 1.95 bits per heavy atom. The number of hydrogen-bond acceptors (Lipinski definition) is 3. The van der Waals surface area contributed by atoms with Crippen molar-refractivity contribution in [2.45, 2.75) is 6.54 Å². The molecule has 0 fully saturated rings. The summed E-state index contributed by atoms with van der Waals surface area (Å²) in [5.74, 6) is 1.19. The van der Waals surface area contributed by atoms with Gasteiger partial charge in [0.15, 0.2) is 11.5 Å². The molecule has 5 heteroatoms.